The van der Waals surface area contributed by atoms with Crippen molar-refractivity contribution in [3.05, 3.63) is 0 Å². The Balaban J connectivity index is 2.50. The highest BCUT2D eigenvalue weighted by Crippen LogP contribution is 2.22. The molecule has 0 aromatic rings. The first-order valence-electron chi connectivity index (χ1n) is 4.11. The Bertz CT molecular complexity index is 243. The molecule has 1 saturated heterocycles. The fraction of sp³-hybridized carbons (Fsp3) is 0.750. The second-order valence-corrected chi connectivity index (χ2v) is 3.69. The summed E-state index contributed by atoms with van der Waals surface area (Å²) in [6, 6.07) is 0. The molecule has 0 radical (unpaired) electrons. The minimum atomic E-state index is -1.72. The van der Waals surface area contributed by atoms with Crippen molar-refractivity contribution in [1.29, 1.82) is 0 Å². The third-order valence-corrected chi connectivity index (χ3v) is 2.11. The summed E-state index contributed by atoms with van der Waals surface area (Å²) in [5.41, 5.74) is -1.72. The molecule has 0 unspecified atom stereocenters. The maximum Gasteiger partial charge on any atom is 0.339 e. The highest BCUT2D eigenvalue weighted by atomic mass is 16.4. The van der Waals surface area contributed by atoms with E-state index in [1.54, 1.807) is 13.8 Å². The maximum atomic E-state index is 11.3. The number of likely N-dealkylation sites (tertiary alicyclic amines) is 1. The summed E-state index contributed by atoms with van der Waals surface area (Å²) in [6.45, 7) is 3.28. The van der Waals surface area contributed by atoms with Crippen LogP contribution in [0, 0.1) is 5.92 Å². The van der Waals surface area contributed by atoms with Gasteiger partial charge < -0.3 is 15.1 Å². The first-order valence-corrected chi connectivity index (χ1v) is 4.11. The topological polar surface area (TPSA) is 77.8 Å². The first-order chi connectivity index (χ1) is 5.87. The highest BCUT2D eigenvalue weighted by Gasteiger charge is 2.50. The number of carbonyl (C=O) groups excluding carboxylic acids is 1. The number of aliphatic hydroxyl groups is 1. The predicted octanol–water partition coefficient (Wildman–Crippen LogP) is -0.700. The summed E-state index contributed by atoms with van der Waals surface area (Å²) >= 11 is 0. The van der Waals surface area contributed by atoms with Crippen molar-refractivity contribution in [3.8, 4) is 0 Å². The molecule has 0 aromatic heterocycles. The summed E-state index contributed by atoms with van der Waals surface area (Å²) in [7, 11) is 0. The van der Waals surface area contributed by atoms with Crippen molar-refractivity contribution in [1.82, 2.24) is 4.90 Å². The van der Waals surface area contributed by atoms with Gasteiger partial charge in [0.2, 0.25) is 5.91 Å². The van der Waals surface area contributed by atoms with Crippen LogP contribution in [0.4, 0.5) is 0 Å². The zero-order chi connectivity index (χ0) is 10.2. The standard InChI is InChI=1S/C8H13NO4/c1-5(2)6(10)9-3-8(13,4-9)7(11)12/h5,13H,3-4H2,1-2H3,(H,11,12). The lowest BCUT2D eigenvalue weighted by molar-refractivity contribution is -0.183. The fourth-order valence-corrected chi connectivity index (χ4v) is 1.24. The molecule has 5 nitrogen and oxygen atoms in total. The van der Waals surface area contributed by atoms with Gasteiger partial charge >= 0.3 is 5.97 Å². The van der Waals surface area contributed by atoms with Gasteiger partial charge in [0.1, 0.15) is 0 Å². The van der Waals surface area contributed by atoms with Crippen molar-refractivity contribution >= 4 is 11.9 Å². The summed E-state index contributed by atoms with van der Waals surface area (Å²) < 4.78 is 0. The van der Waals surface area contributed by atoms with Gasteiger partial charge in [-0.05, 0) is 0 Å². The van der Waals surface area contributed by atoms with Gasteiger partial charge in [-0.25, -0.2) is 4.79 Å². The summed E-state index contributed by atoms with van der Waals surface area (Å²) in [5.74, 6) is -1.54. The Labute approximate surface area is 76.0 Å². The van der Waals surface area contributed by atoms with E-state index in [1.807, 2.05) is 0 Å². The SMILES string of the molecule is CC(C)C(=O)N1CC(O)(C(=O)O)C1. The van der Waals surface area contributed by atoms with Crippen LogP contribution in [0.1, 0.15) is 13.8 Å². The summed E-state index contributed by atoms with van der Waals surface area (Å²) in [4.78, 5) is 23.1. The van der Waals surface area contributed by atoms with E-state index < -0.39 is 11.6 Å². The van der Waals surface area contributed by atoms with Crippen molar-refractivity contribution in [2.75, 3.05) is 13.1 Å². The van der Waals surface area contributed by atoms with Crippen LogP contribution in [-0.2, 0) is 9.59 Å². The van der Waals surface area contributed by atoms with Gasteiger partial charge in [0, 0.05) is 5.92 Å². The number of carboxylic acids is 1. The molecule has 5 heteroatoms. The number of carbonyl (C=O) groups is 2. The van der Waals surface area contributed by atoms with Gasteiger partial charge in [-0.1, -0.05) is 13.8 Å². The molecule has 0 bridgehead atoms. The van der Waals surface area contributed by atoms with Gasteiger partial charge in [0.05, 0.1) is 13.1 Å². The predicted molar refractivity (Wildman–Crippen MR) is 44.0 cm³/mol. The normalized spacial score (nSPS) is 19.8. The molecule has 0 aliphatic carbocycles. The van der Waals surface area contributed by atoms with Gasteiger partial charge in [0.25, 0.3) is 0 Å². The lowest BCUT2D eigenvalue weighted by Crippen LogP contribution is -2.68. The Kier molecular flexibility index (Phi) is 2.30. The maximum absolute atomic E-state index is 11.3. The second-order valence-electron chi connectivity index (χ2n) is 3.69. The van der Waals surface area contributed by atoms with Crippen LogP contribution >= 0.6 is 0 Å². The molecule has 0 atom stereocenters. The first kappa shape index (κ1) is 9.98. The molecule has 1 heterocycles. The Hall–Kier alpha value is -1.10. The van der Waals surface area contributed by atoms with Crippen molar-refractivity contribution < 1.29 is 19.8 Å². The van der Waals surface area contributed by atoms with E-state index in [0.717, 1.165) is 0 Å². The molecule has 1 rings (SSSR count). The third kappa shape index (κ3) is 1.65. The molecule has 0 saturated carbocycles. The second kappa shape index (κ2) is 2.99. The quantitative estimate of drug-likeness (QED) is 0.599. The number of hydrogen-bond donors (Lipinski definition) is 2. The van der Waals surface area contributed by atoms with E-state index in [9.17, 15) is 14.7 Å². The Morgan fingerprint density at radius 2 is 1.85 bits per heavy atom. The Morgan fingerprint density at radius 3 is 2.15 bits per heavy atom. The average Bonchev–Trinajstić information content (AvgIpc) is 1.96. The molecule has 1 amide bonds. The molecule has 13 heavy (non-hydrogen) atoms. The van der Waals surface area contributed by atoms with Crippen LogP contribution in [0.25, 0.3) is 0 Å². The van der Waals surface area contributed by atoms with Gasteiger partial charge in [-0.3, -0.25) is 4.79 Å². The van der Waals surface area contributed by atoms with Gasteiger partial charge in [0.15, 0.2) is 5.60 Å². The van der Waals surface area contributed by atoms with Crippen LogP contribution in [0.15, 0.2) is 0 Å². The number of nitrogens with zero attached hydrogens (tertiary/aromatic N) is 1. The number of amides is 1. The number of rotatable bonds is 2. The minimum absolute atomic E-state index is 0.0979. The largest absolute Gasteiger partial charge is 0.479 e. The molecule has 1 aliphatic heterocycles. The fourth-order valence-electron chi connectivity index (χ4n) is 1.24. The molecule has 74 valence electrons. The Morgan fingerprint density at radius 1 is 1.38 bits per heavy atom. The van der Waals surface area contributed by atoms with Crippen LogP contribution < -0.4 is 0 Å². The molecule has 2 N–H and O–H groups in total. The number of carboxylic acid groups (broad SMARTS) is 1. The average molecular weight is 187 g/mol. The van der Waals surface area contributed by atoms with Crippen LogP contribution in [0.3, 0.4) is 0 Å². The highest BCUT2D eigenvalue weighted by molar-refractivity contribution is 5.85. The van der Waals surface area contributed by atoms with E-state index in [0.29, 0.717) is 0 Å². The monoisotopic (exact) mass is 187 g/mol. The van der Waals surface area contributed by atoms with E-state index in [2.05, 4.69) is 0 Å². The third-order valence-electron chi connectivity index (χ3n) is 2.11. The number of hydrogen-bond acceptors (Lipinski definition) is 3. The van der Waals surface area contributed by atoms with Gasteiger partial charge in [-0.2, -0.15) is 0 Å². The number of aliphatic carboxylic acids is 1. The lowest BCUT2D eigenvalue weighted by atomic mass is 9.93. The van der Waals surface area contributed by atoms with Crippen LogP contribution in [-0.4, -0.2) is 45.7 Å². The zero-order valence-corrected chi connectivity index (χ0v) is 7.65. The molecule has 0 spiro atoms. The zero-order valence-electron chi connectivity index (χ0n) is 7.65. The van der Waals surface area contributed by atoms with Crippen molar-refractivity contribution in [3.63, 3.8) is 0 Å². The summed E-state index contributed by atoms with van der Waals surface area (Å²) in [5, 5.41) is 17.8. The minimum Gasteiger partial charge on any atom is -0.479 e. The molecular weight excluding hydrogens is 174 g/mol. The van der Waals surface area contributed by atoms with E-state index in [1.165, 1.54) is 4.90 Å². The lowest BCUT2D eigenvalue weighted by Gasteiger charge is -2.43. The van der Waals surface area contributed by atoms with Gasteiger partial charge in [-0.15, -0.1) is 0 Å². The molecule has 0 aromatic carbocycles. The molecule has 1 aliphatic rings. The van der Waals surface area contributed by atoms with Crippen LogP contribution in [0.2, 0.25) is 0 Å². The van der Waals surface area contributed by atoms with Crippen LogP contribution in [0.5, 0.6) is 0 Å². The van der Waals surface area contributed by atoms with Crippen molar-refractivity contribution in [2.24, 2.45) is 5.92 Å². The number of β-amino-alcohol motifs (C(OH)–C–C–N with tert-alkyl or cyclic N) is 1. The smallest absolute Gasteiger partial charge is 0.339 e. The van der Waals surface area contributed by atoms with E-state index >= 15 is 0 Å². The van der Waals surface area contributed by atoms with Crippen molar-refractivity contribution in [2.45, 2.75) is 19.4 Å². The molecular formula is C8H13NO4. The van der Waals surface area contributed by atoms with E-state index in [-0.39, 0.29) is 24.9 Å². The summed E-state index contributed by atoms with van der Waals surface area (Å²) in [6.07, 6.45) is 0. The molecule has 1 fully saturated rings. The van der Waals surface area contributed by atoms with E-state index in [4.69, 9.17) is 5.11 Å².